The molecule has 0 fully saturated rings. The molecule has 0 saturated heterocycles. The van der Waals surface area contributed by atoms with Crippen LogP contribution in [0.3, 0.4) is 0 Å². The van der Waals surface area contributed by atoms with Crippen LogP contribution < -0.4 is 11.1 Å². The zero-order valence-electron chi connectivity index (χ0n) is 10.3. The van der Waals surface area contributed by atoms with Crippen molar-refractivity contribution in [2.75, 3.05) is 5.32 Å². The molecule has 2 rings (SSSR count). The van der Waals surface area contributed by atoms with E-state index in [-0.39, 0.29) is 12.3 Å². The molecule has 1 amide bonds. The van der Waals surface area contributed by atoms with E-state index in [1.807, 2.05) is 24.3 Å². The van der Waals surface area contributed by atoms with Gasteiger partial charge in [0.2, 0.25) is 5.91 Å². The van der Waals surface area contributed by atoms with Crippen LogP contribution in [0, 0.1) is 0 Å². The molecule has 1 aromatic carbocycles. The summed E-state index contributed by atoms with van der Waals surface area (Å²) in [6.45, 7) is 0.411. The van der Waals surface area contributed by atoms with Gasteiger partial charge in [0.1, 0.15) is 0 Å². The molecule has 1 heterocycles. The second-order valence-electron chi connectivity index (χ2n) is 4.03. The molecule has 0 bridgehead atoms. The van der Waals surface area contributed by atoms with Crippen molar-refractivity contribution >= 4 is 23.3 Å². The van der Waals surface area contributed by atoms with E-state index in [9.17, 15) is 4.79 Å². The Labute approximate surface area is 116 Å². The summed E-state index contributed by atoms with van der Waals surface area (Å²) in [5.41, 5.74) is 7.51. The molecule has 1 aromatic heterocycles. The van der Waals surface area contributed by atoms with E-state index in [4.69, 9.17) is 17.3 Å². The SMILES string of the molecule is NCc1ccccc1CC(=O)Nc1ncccc1Cl. The molecule has 0 atom stereocenters. The van der Waals surface area contributed by atoms with E-state index >= 15 is 0 Å². The summed E-state index contributed by atoms with van der Waals surface area (Å²) in [7, 11) is 0. The largest absolute Gasteiger partial charge is 0.326 e. The number of nitrogens with two attached hydrogens (primary N) is 1. The second kappa shape index (κ2) is 6.31. The summed E-state index contributed by atoms with van der Waals surface area (Å²) in [6, 6.07) is 11.0. The third kappa shape index (κ3) is 3.53. The second-order valence-corrected chi connectivity index (χ2v) is 4.44. The van der Waals surface area contributed by atoms with Crippen molar-refractivity contribution in [3.63, 3.8) is 0 Å². The number of carbonyl (C=O) groups is 1. The Kier molecular flexibility index (Phi) is 4.49. The van der Waals surface area contributed by atoms with Crippen LogP contribution >= 0.6 is 11.6 Å². The maximum atomic E-state index is 12.0. The molecule has 3 N–H and O–H groups in total. The minimum absolute atomic E-state index is 0.165. The molecule has 0 spiro atoms. The Morgan fingerprint density at radius 2 is 1.95 bits per heavy atom. The predicted octanol–water partition coefficient (Wildman–Crippen LogP) is 2.37. The molecule has 0 aliphatic heterocycles. The van der Waals surface area contributed by atoms with Gasteiger partial charge in [0.05, 0.1) is 11.4 Å². The van der Waals surface area contributed by atoms with Gasteiger partial charge in [-0.05, 0) is 23.3 Å². The van der Waals surface area contributed by atoms with Gasteiger partial charge in [-0.15, -0.1) is 0 Å². The highest BCUT2D eigenvalue weighted by molar-refractivity contribution is 6.33. The van der Waals surface area contributed by atoms with Gasteiger partial charge in [0.25, 0.3) is 0 Å². The number of hydrogen-bond acceptors (Lipinski definition) is 3. The lowest BCUT2D eigenvalue weighted by Crippen LogP contribution is -2.17. The van der Waals surface area contributed by atoms with E-state index in [0.29, 0.717) is 17.4 Å². The van der Waals surface area contributed by atoms with E-state index in [2.05, 4.69) is 10.3 Å². The normalized spacial score (nSPS) is 10.2. The lowest BCUT2D eigenvalue weighted by atomic mass is 10.0. The highest BCUT2D eigenvalue weighted by atomic mass is 35.5. The number of pyridine rings is 1. The lowest BCUT2D eigenvalue weighted by molar-refractivity contribution is -0.115. The molecule has 0 aliphatic carbocycles. The standard InChI is InChI=1S/C14H14ClN3O/c15-12-6-3-7-17-14(12)18-13(19)8-10-4-1-2-5-11(10)9-16/h1-7H,8-9,16H2,(H,17,18,19). The molecule has 4 nitrogen and oxygen atoms in total. The monoisotopic (exact) mass is 275 g/mol. The van der Waals surface area contributed by atoms with E-state index < -0.39 is 0 Å². The molecular formula is C14H14ClN3O. The molecular weight excluding hydrogens is 262 g/mol. The number of anilines is 1. The first-order valence-corrected chi connectivity index (χ1v) is 6.25. The first kappa shape index (κ1) is 13.5. The Morgan fingerprint density at radius 3 is 2.63 bits per heavy atom. The van der Waals surface area contributed by atoms with Gasteiger partial charge in [-0.2, -0.15) is 0 Å². The predicted molar refractivity (Wildman–Crippen MR) is 75.9 cm³/mol. The molecule has 0 unspecified atom stereocenters. The third-order valence-electron chi connectivity index (χ3n) is 2.71. The van der Waals surface area contributed by atoms with Gasteiger partial charge in [-0.1, -0.05) is 35.9 Å². The quantitative estimate of drug-likeness (QED) is 0.900. The van der Waals surface area contributed by atoms with Crippen molar-refractivity contribution in [1.82, 2.24) is 4.98 Å². The van der Waals surface area contributed by atoms with Crippen molar-refractivity contribution in [2.45, 2.75) is 13.0 Å². The van der Waals surface area contributed by atoms with Crippen molar-refractivity contribution < 1.29 is 4.79 Å². The molecule has 5 heteroatoms. The number of aromatic nitrogens is 1. The van der Waals surface area contributed by atoms with Crippen LogP contribution in [0.2, 0.25) is 5.02 Å². The minimum atomic E-state index is -0.165. The zero-order valence-corrected chi connectivity index (χ0v) is 11.0. The average molecular weight is 276 g/mol. The molecule has 2 aromatic rings. The van der Waals surface area contributed by atoms with Crippen LogP contribution in [0.25, 0.3) is 0 Å². The highest BCUT2D eigenvalue weighted by Crippen LogP contribution is 2.18. The zero-order chi connectivity index (χ0) is 13.7. The Hall–Kier alpha value is -1.91. The van der Waals surface area contributed by atoms with Crippen LogP contribution in [0.15, 0.2) is 42.6 Å². The molecule has 0 radical (unpaired) electrons. The van der Waals surface area contributed by atoms with Gasteiger partial charge >= 0.3 is 0 Å². The molecule has 98 valence electrons. The van der Waals surface area contributed by atoms with Gasteiger partial charge in [0, 0.05) is 12.7 Å². The van der Waals surface area contributed by atoms with Crippen molar-refractivity contribution in [1.29, 1.82) is 0 Å². The third-order valence-corrected chi connectivity index (χ3v) is 3.01. The number of nitrogens with zero attached hydrogens (tertiary/aromatic N) is 1. The fourth-order valence-electron chi connectivity index (χ4n) is 1.76. The minimum Gasteiger partial charge on any atom is -0.326 e. The highest BCUT2D eigenvalue weighted by Gasteiger charge is 2.09. The Balaban J connectivity index is 2.08. The van der Waals surface area contributed by atoms with Crippen LogP contribution in [0.1, 0.15) is 11.1 Å². The number of benzene rings is 1. The number of nitrogens with one attached hydrogen (secondary N) is 1. The summed E-state index contributed by atoms with van der Waals surface area (Å²) >= 11 is 5.93. The average Bonchev–Trinajstić information content (AvgIpc) is 2.42. The van der Waals surface area contributed by atoms with Gasteiger partial charge in [0.15, 0.2) is 5.82 Å². The fraction of sp³-hybridized carbons (Fsp3) is 0.143. The molecule has 19 heavy (non-hydrogen) atoms. The summed E-state index contributed by atoms with van der Waals surface area (Å²) in [6.07, 6.45) is 1.83. The van der Waals surface area contributed by atoms with E-state index in [1.165, 1.54) is 0 Å². The Bertz CT molecular complexity index is 586. The molecule has 0 saturated carbocycles. The summed E-state index contributed by atoms with van der Waals surface area (Å²) < 4.78 is 0. The number of halogens is 1. The Morgan fingerprint density at radius 1 is 1.21 bits per heavy atom. The smallest absolute Gasteiger partial charge is 0.229 e. The number of amides is 1. The molecule has 0 aliphatic rings. The summed E-state index contributed by atoms with van der Waals surface area (Å²) in [4.78, 5) is 16.0. The lowest BCUT2D eigenvalue weighted by Gasteiger charge is -2.08. The van der Waals surface area contributed by atoms with E-state index in [1.54, 1.807) is 18.3 Å². The first-order chi connectivity index (χ1) is 9.20. The van der Waals surface area contributed by atoms with Crippen LogP contribution in [0.5, 0.6) is 0 Å². The fourth-order valence-corrected chi connectivity index (χ4v) is 1.92. The van der Waals surface area contributed by atoms with Crippen molar-refractivity contribution in [3.8, 4) is 0 Å². The van der Waals surface area contributed by atoms with Crippen molar-refractivity contribution in [2.24, 2.45) is 5.73 Å². The maximum Gasteiger partial charge on any atom is 0.229 e. The van der Waals surface area contributed by atoms with Gasteiger partial charge in [-0.3, -0.25) is 4.79 Å². The first-order valence-electron chi connectivity index (χ1n) is 5.88. The van der Waals surface area contributed by atoms with Crippen LogP contribution in [-0.2, 0) is 17.8 Å². The number of hydrogen-bond donors (Lipinski definition) is 2. The maximum absolute atomic E-state index is 12.0. The summed E-state index contributed by atoms with van der Waals surface area (Å²) in [5.74, 6) is 0.209. The van der Waals surface area contributed by atoms with Crippen molar-refractivity contribution in [3.05, 3.63) is 58.7 Å². The summed E-state index contributed by atoms with van der Waals surface area (Å²) in [5, 5.41) is 3.11. The van der Waals surface area contributed by atoms with Crippen LogP contribution in [-0.4, -0.2) is 10.9 Å². The number of rotatable bonds is 4. The van der Waals surface area contributed by atoms with Gasteiger partial charge in [-0.25, -0.2) is 4.98 Å². The van der Waals surface area contributed by atoms with Gasteiger partial charge < -0.3 is 11.1 Å². The van der Waals surface area contributed by atoms with E-state index in [0.717, 1.165) is 11.1 Å². The van der Waals surface area contributed by atoms with Crippen LogP contribution in [0.4, 0.5) is 5.82 Å². The number of carbonyl (C=O) groups excluding carboxylic acids is 1. The topological polar surface area (TPSA) is 68.0 Å².